The summed E-state index contributed by atoms with van der Waals surface area (Å²) in [6, 6.07) is 6.51. The van der Waals surface area contributed by atoms with Gasteiger partial charge in [0.2, 0.25) is 0 Å². The van der Waals surface area contributed by atoms with E-state index in [1.165, 1.54) is 4.90 Å². The molecule has 0 aliphatic carbocycles. The first kappa shape index (κ1) is 16.8. The Hall–Kier alpha value is -2.24. The number of ether oxygens (including phenoxy) is 1. The molecule has 0 saturated heterocycles. The third-order valence-electron chi connectivity index (χ3n) is 2.74. The highest BCUT2D eigenvalue weighted by atomic mass is 16.5. The summed E-state index contributed by atoms with van der Waals surface area (Å²) in [6.45, 7) is 7.40. The van der Waals surface area contributed by atoms with Crippen LogP contribution >= 0.6 is 0 Å². The van der Waals surface area contributed by atoms with Crippen LogP contribution in [0.5, 0.6) is 5.75 Å². The number of carboxylic acid groups (broad SMARTS) is 1. The molecule has 0 heterocycles. The maximum atomic E-state index is 12.3. The Kier molecular flexibility index (Phi) is 5.58. The molecule has 0 aromatic heterocycles. The van der Waals surface area contributed by atoms with E-state index >= 15 is 0 Å². The first-order valence-corrected chi connectivity index (χ1v) is 6.77. The smallest absolute Gasteiger partial charge is 0.323 e. The van der Waals surface area contributed by atoms with Gasteiger partial charge in [-0.05, 0) is 39.8 Å². The predicted octanol–water partition coefficient (Wildman–Crippen LogP) is 2.80. The van der Waals surface area contributed by atoms with Gasteiger partial charge in [-0.1, -0.05) is 6.07 Å². The van der Waals surface area contributed by atoms with Gasteiger partial charge in [-0.15, -0.1) is 0 Å². The Balaban J connectivity index is 2.86. The molecule has 6 nitrogen and oxygen atoms in total. The van der Waals surface area contributed by atoms with Crippen LogP contribution in [-0.4, -0.2) is 40.7 Å². The van der Waals surface area contributed by atoms with Crippen LogP contribution in [0.3, 0.4) is 0 Å². The van der Waals surface area contributed by atoms with Crippen molar-refractivity contribution in [2.24, 2.45) is 0 Å². The first-order chi connectivity index (χ1) is 9.74. The number of nitrogens with zero attached hydrogens (tertiary/aromatic N) is 1. The van der Waals surface area contributed by atoms with Gasteiger partial charge in [-0.25, -0.2) is 4.79 Å². The number of amides is 2. The van der Waals surface area contributed by atoms with Crippen LogP contribution in [0.2, 0.25) is 0 Å². The van der Waals surface area contributed by atoms with Gasteiger partial charge < -0.3 is 20.1 Å². The van der Waals surface area contributed by atoms with Crippen LogP contribution in [0.25, 0.3) is 0 Å². The van der Waals surface area contributed by atoms with Gasteiger partial charge in [0.1, 0.15) is 12.3 Å². The number of urea groups is 1. The SMILES string of the molecule is CCOc1cccc(NC(=O)N(CC(=O)O)C(C)(C)C)c1. The third-order valence-corrected chi connectivity index (χ3v) is 2.74. The monoisotopic (exact) mass is 294 g/mol. The molecule has 1 aromatic rings. The molecule has 0 aliphatic rings. The Labute approximate surface area is 124 Å². The molecule has 0 spiro atoms. The van der Waals surface area contributed by atoms with E-state index < -0.39 is 17.5 Å². The van der Waals surface area contributed by atoms with E-state index in [2.05, 4.69) is 5.32 Å². The van der Waals surface area contributed by atoms with Crippen LogP contribution in [0.1, 0.15) is 27.7 Å². The minimum atomic E-state index is -1.05. The molecular formula is C15H22N2O4. The quantitative estimate of drug-likeness (QED) is 0.875. The Morgan fingerprint density at radius 1 is 1.33 bits per heavy atom. The number of nitrogens with one attached hydrogen (secondary N) is 1. The van der Waals surface area contributed by atoms with Crippen molar-refractivity contribution in [3.05, 3.63) is 24.3 Å². The Morgan fingerprint density at radius 2 is 2.00 bits per heavy atom. The van der Waals surface area contributed by atoms with Crippen molar-refractivity contribution < 1.29 is 19.4 Å². The van der Waals surface area contributed by atoms with E-state index in [0.29, 0.717) is 18.0 Å². The number of anilines is 1. The van der Waals surface area contributed by atoms with E-state index in [1.807, 2.05) is 6.92 Å². The fraction of sp³-hybridized carbons (Fsp3) is 0.467. The lowest BCUT2D eigenvalue weighted by molar-refractivity contribution is -0.138. The molecular weight excluding hydrogens is 272 g/mol. The minimum absolute atomic E-state index is 0.361. The highest BCUT2D eigenvalue weighted by Gasteiger charge is 2.28. The van der Waals surface area contributed by atoms with Crippen molar-refractivity contribution in [1.82, 2.24) is 4.90 Å². The van der Waals surface area contributed by atoms with Gasteiger partial charge in [0.05, 0.1) is 6.61 Å². The lowest BCUT2D eigenvalue weighted by Crippen LogP contribution is -2.50. The molecule has 1 aromatic carbocycles. The zero-order chi connectivity index (χ0) is 16.0. The van der Waals surface area contributed by atoms with Crippen LogP contribution in [-0.2, 0) is 4.79 Å². The average molecular weight is 294 g/mol. The molecule has 0 saturated carbocycles. The van der Waals surface area contributed by atoms with Crippen molar-refractivity contribution in [2.75, 3.05) is 18.5 Å². The second-order valence-electron chi connectivity index (χ2n) is 5.54. The predicted molar refractivity (Wildman–Crippen MR) is 80.7 cm³/mol. The van der Waals surface area contributed by atoms with Gasteiger partial charge in [0, 0.05) is 17.3 Å². The average Bonchev–Trinajstić information content (AvgIpc) is 2.35. The van der Waals surface area contributed by atoms with Crippen LogP contribution < -0.4 is 10.1 Å². The summed E-state index contributed by atoms with van der Waals surface area (Å²) < 4.78 is 5.36. The lowest BCUT2D eigenvalue weighted by Gasteiger charge is -2.34. The maximum Gasteiger partial charge on any atom is 0.323 e. The Morgan fingerprint density at radius 3 is 2.52 bits per heavy atom. The van der Waals surface area contributed by atoms with Gasteiger partial charge in [0.25, 0.3) is 0 Å². The second kappa shape index (κ2) is 6.97. The summed E-state index contributed by atoms with van der Waals surface area (Å²) in [7, 11) is 0. The van der Waals surface area contributed by atoms with Crippen molar-refractivity contribution >= 4 is 17.7 Å². The molecule has 0 aliphatic heterocycles. The third kappa shape index (κ3) is 5.33. The molecule has 6 heteroatoms. The van der Waals surface area contributed by atoms with Gasteiger partial charge in [-0.3, -0.25) is 4.79 Å². The number of benzene rings is 1. The maximum absolute atomic E-state index is 12.3. The highest BCUT2D eigenvalue weighted by molar-refractivity contribution is 5.92. The fourth-order valence-corrected chi connectivity index (χ4v) is 1.77. The zero-order valence-electron chi connectivity index (χ0n) is 12.8. The van der Waals surface area contributed by atoms with Crippen molar-refractivity contribution in [3.8, 4) is 5.75 Å². The summed E-state index contributed by atoms with van der Waals surface area (Å²) in [5.74, 6) is -0.404. The molecule has 0 bridgehead atoms. The number of carbonyl (C=O) groups is 2. The molecule has 1 rings (SSSR count). The molecule has 2 amide bonds. The summed E-state index contributed by atoms with van der Waals surface area (Å²) in [6.07, 6.45) is 0. The largest absolute Gasteiger partial charge is 0.494 e. The highest BCUT2D eigenvalue weighted by Crippen LogP contribution is 2.20. The van der Waals surface area contributed by atoms with Gasteiger partial charge >= 0.3 is 12.0 Å². The van der Waals surface area contributed by atoms with E-state index in [1.54, 1.807) is 45.0 Å². The van der Waals surface area contributed by atoms with E-state index in [9.17, 15) is 9.59 Å². The van der Waals surface area contributed by atoms with Crippen LogP contribution in [0.4, 0.5) is 10.5 Å². The van der Waals surface area contributed by atoms with Crippen molar-refractivity contribution in [1.29, 1.82) is 0 Å². The molecule has 116 valence electrons. The zero-order valence-corrected chi connectivity index (χ0v) is 12.8. The fourth-order valence-electron chi connectivity index (χ4n) is 1.77. The van der Waals surface area contributed by atoms with Crippen LogP contribution in [0.15, 0.2) is 24.3 Å². The van der Waals surface area contributed by atoms with Crippen LogP contribution in [0, 0.1) is 0 Å². The number of carboxylic acids is 1. The lowest BCUT2D eigenvalue weighted by atomic mass is 10.1. The number of rotatable bonds is 5. The number of carbonyl (C=O) groups excluding carboxylic acids is 1. The molecule has 21 heavy (non-hydrogen) atoms. The molecule has 0 atom stereocenters. The Bertz CT molecular complexity index is 509. The standard InChI is InChI=1S/C15H22N2O4/c1-5-21-12-8-6-7-11(9-12)16-14(20)17(10-13(18)19)15(2,3)4/h6-9H,5,10H2,1-4H3,(H,16,20)(H,18,19). The van der Waals surface area contributed by atoms with Crippen molar-refractivity contribution in [2.45, 2.75) is 33.2 Å². The van der Waals surface area contributed by atoms with E-state index in [0.717, 1.165) is 0 Å². The number of hydrogen-bond donors (Lipinski definition) is 2. The summed E-state index contributed by atoms with van der Waals surface area (Å²) >= 11 is 0. The summed E-state index contributed by atoms with van der Waals surface area (Å²) in [4.78, 5) is 24.5. The van der Waals surface area contributed by atoms with Gasteiger partial charge in [0.15, 0.2) is 0 Å². The minimum Gasteiger partial charge on any atom is -0.494 e. The van der Waals surface area contributed by atoms with Gasteiger partial charge in [-0.2, -0.15) is 0 Å². The second-order valence-corrected chi connectivity index (χ2v) is 5.54. The summed E-state index contributed by atoms with van der Waals surface area (Å²) in [5.41, 5.74) is -0.0365. The number of aliphatic carboxylic acids is 1. The van der Waals surface area contributed by atoms with Crippen molar-refractivity contribution in [3.63, 3.8) is 0 Å². The normalized spacial score (nSPS) is 10.9. The summed E-state index contributed by atoms with van der Waals surface area (Å²) in [5, 5.41) is 11.6. The topological polar surface area (TPSA) is 78.9 Å². The molecule has 0 fully saturated rings. The molecule has 0 unspecified atom stereocenters. The molecule has 0 radical (unpaired) electrons. The number of hydrogen-bond acceptors (Lipinski definition) is 3. The van der Waals surface area contributed by atoms with E-state index in [-0.39, 0.29) is 6.54 Å². The van der Waals surface area contributed by atoms with E-state index in [4.69, 9.17) is 9.84 Å². The molecule has 2 N–H and O–H groups in total. The first-order valence-electron chi connectivity index (χ1n) is 6.77.